The van der Waals surface area contributed by atoms with Gasteiger partial charge in [0.25, 0.3) is 0 Å². The third kappa shape index (κ3) is 2.43. The monoisotopic (exact) mass is 265 g/mol. The lowest BCUT2D eigenvalue weighted by Gasteiger charge is -2.28. The third-order valence-electron chi connectivity index (χ3n) is 3.83. The van der Waals surface area contributed by atoms with Gasteiger partial charge >= 0.3 is 0 Å². The average Bonchev–Trinajstić information content (AvgIpc) is 2.96. The Balaban J connectivity index is 1.58. The average molecular weight is 265 g/mol. The number of carbonyl (C=O) groups is 1. The highest BCUT2D eigenvalue weighted by atomic mass is 32.1. The van der Waals surface area contributed by atoms with Crippen LogP contribution in [0.2, 0.25) is 0 Å². The Bertz CT molecular complexity index is 445. The molecule has 1 aromatic heterocycles. The van der Waals surface area contributed by atoms with Gasteiger partial charge < -0.3 is 10.6 Å². The number of nitrogens with two attached hydrogens (primary N) is 1. The minimum atomic E-state index is 0.251. The summed E-state index contributed by atoms with van der Waals surface area (Å²) in [6.45, 7) is 4.02. The fraction of sp³-hybridized carbons (Fsp3) is 0.615. The van der Waals surface area contributed by atoms with Gasteiger partial charge in [-0.15, -0.1) is 11.3 Å². The van der Waals surface area contributed by atoms with Gasteiger partial charge in [0.05, 0.1) is 6.54 Å². The summed E-state index contributed by atoms with van der Waals surface area (Å²) in [5, 5.41) is 2.12. The lowest BCUT2D eigenvalue weighted by Crippen LogP contribution is -2.42. The van der Waals surface area contributed by atoms with Crippen LogP contribution in [0.1, 0.15) is 16.9 Å². The Morgan fingerprint density at radius 3 is 3.17 bits per heavy atom. The first-order chi connectivity index (χ1) is 8.72. The molecule has 4 nitrogen and oxygen atoms in total. The third-order valence-corrected chi connectivity index (χ3v) is 4.85. The van der Waals surface area contributed by atoms with E-state index in [1.807, 2.05) is 16.2 Å². The molecule has 1 amide bonds. The van der Waals surface area contributed by atoms with Crippen LogP contribution in [0.4, 0.5) is 0 Å². The number of amides is 1. The molecule has 1 unspecified atom stereocenters. The van der Waals surface area contributed by atoms with Crippen molar-refractivity contribution in [3.05, 3.63) is 21.9 Å². The van der Waals surface area contributed by atoms with Gasteiger partial charge in [-0.05, 0) is 29.9 Å². The molecule has 0 aromatic carbocycles. The van der Waals surface area contributed by atoms with E-state index in [1.165, 1.54) is 10.4 Å². The van der Waals surface area contributed by atoms with Gasteiger partial charge in [-0.2, -0.15) is 0 Å². The maximum absolute atomic E-state index is 12.2. The first-order valence-electron chi connectivity index (χ1n) is 6.53. The summed E-state index contributed by atoms with van der Waals surface area (Å²) in [5.41, 5.74) is 7.19. The molecule has 2 N–H and O–H groups in total. The van der Waals surface area contributed by atoms with Gasteiger partial charge in [-0.25, -0.2) is 0 Å². The Labute approximate surface area is 111 Å². The molecule has 18 heavy (non-hydrogen) atoms. The largest absolute Gasteiger partial charge is 0.337 e. The number of likely N-dealkylation sites (tertiary alicyclic amines) is 1. The van der Waals surface area contributed by atoms with Crippen molar-refractivity contribution in [1.29, 1.82) is 0 Å². The maximum atomic E-state index is 12.2. The SMILES string of the molecule is NC1CCN(CC(=O)N2CCc3sccc3C2)C1. The quantitative estimate of drug-likeness (QED) is 0.855. The van der Waals surface area contributed by atoms with Crippen LogP contribution in [0.3, 0.4) is 0 Å². The second-order valence-electron chi connectivity index (χ2n) is 5.22. The Morgan fingerprint density at radius 2 is 2.39 bits per heavy atom. The normalized spacial score (nSPS) is 24.3. The molecule has 0 bridgehead atoms. The summed E-state index contributed by atoms with van der Waals surface area (Å²) in [4.78, 5) is 17.8. The second kappa shape index (κ2) is 4.99. The highest BCUT2D eigenvalue weighted by molar-refractivity contribution is 7.10. The summed E-state index contributed by atoms with van der Waals surface area (Å²) < 4.78 is 0. The summed E-state index contributed by atoms with van der Waals surface area (Å²) in [6.07, 6.45) is 2.03. The van der Waals surface area contributed by atoms with E-state index in [0.717, 1.165) is 39.0 Å². The minimum Gasteiger partial charge on any atom is -0.337 e. The molecule has 5 heteroatoms. The first-order valence-corrected chi connectivity index (χ1v) is 7.41. The van der Waals surface area contributed by atoms with Gasteiger partial charge in [-0.1, -0.05) is 0 Å². The van der Waals surface area contributed by atoms with Gasteiger partial charge in [0, 0.05) is 37.1 Å². The van der Waals surface area contributed by atoms with E-state index >= 15 is 0 Å². The first kappa shape index (κ1) is 12.1. The maximum Gasteiger partial charge on any atom is 0.237 e. The molecular weight excluding hydrogens is 246 g/mol. The molecule has 2 aliphatic heterocycles. The van der Waals surface area contributed by atoms with E-state index in [-0.39, 0.29) is 11.9 Å². The van der Waals surface area contributed by atoms with Crippen LogP contribution in [0.5, 0.6) is 0 Å². The molecule has 0 radical (unpaired) electrons. The number of thiophene rings is 1. The van der Waals surface area contributed by atoms with Crippen LogP contribution in [-0.2, 0) is 17.8 Å². The Hall–Kier alpha value is -0.910. The van der Waals surface area contributed by atoms with Crippen LogP contribution < -0.4 is 5.73 Å². The predicted octanol–water partition coefficient (Wildman–Crippen LogP) is 0.666. The summed E-state index contributed by atoms with van der Waals surface area (Å²) in [7, 11) is 0. The topological polar surface area (TPSA) is 49.6 Å². The standard InChI is InChI=1S/C13H19N3OS/c14-11-1-4-15(8-11)9-13(17)16-5-2-12-10(7-16)3-6-18-12/h3,6,11H,1-2,4-5,7-9,14H2. The van der Waals surface area contributed by atoms with Gasteiger partial charge in [0.15, 0.2) is 0 Å². The highest BCUT2D eigenvalue weighted by Crippen LogP contribution is 2.24. The van der Waals surface area contributed by atoms with Crippen LogP contribution in [-0.4, -0.2) is 47.9 Å². The predicted molar refractivity (Wildman–Crippen MR) is 72.5 cm³/mol. The van der Waals surface area contributed by atoms with E-state index in [9.17, 15) is 4.79 Å². The van der Waals surface area contributed by atoms with Crippen molar-refractivity contribution in [3.63, 3.8) is 0 Å². The van der Waals surface area contributed by atoms with Crippen molar-refractivity contribution < 1.29 is 4.79 Å². The lowest BCUT2D eigenvalue weighted by molar-refractivity contribution is -0.133. The molecular formula is C13H19N3OS. The fourth-order valence-electron chi connectivity index (χ4n) is 2.76. The van der Waals surface area contributed by atoms with Crippen molar-refractivity contribution in [2.24, 2.45) is 5.73 Å². The molecule has 0 aliphatic carbocycles. The molecule has 0 spiro atoms. The number of hydrogen-bond donors (Lipinski definition) is 1. The fourth-order valence-corrected chi connectivity index (χ4v) is 3.65. The van der Waals surface area contributed by atoms with Crippen molar-refractivity contribution >= 4 is 17.2 Å². The van der Waals surface area contributed by atoms with Crippen LogP contribution >= 0.6 is 11.3 Å². The van der Waals surface area contributed by atoms with Crippen molar-refractivity contribution in [2.45, 2.75) is 25.4 Å². The molecule has 3 rings (SSSR count). The smallest absolute Gasteiger partial charge is 0.237 e. The van der Waals surface area contributed by atoms with E-state index in [1.54, 1.807) is 0 Å². The second-order valence-corrected chi connectivity index (χ2v) is 6.22. The molecule has 0 saturated carbocycles. The van der Waals surface area contributed by atoms with Crippen LogP contribution in [0, 0.1) is 0 Å². The molecule has 2 aliphatic rings. The van der Waals surface area contributed by atoms with E-state index in [4.69, 9.17) is 5.73 Å². The van der Waals surface area contributed by atoms with E-state index in [2.05, 4.69) is 16.3 Å². The Morgan fingerprint density at radius 1 is 1.50 bits per heavy atom. The zero-order chi connectivity index (χ0) is 12.5. The molecule has 1 fully saturated rings. The number of fused-ring (bicyclic) bond motifs is 1. The lowest BCUT2D eigenvalue weighted by atomic mass is 10.1. The van der Waals surface area contributed by atoms with Gasteiger partial charge in [-0.3, -0.25) is 9.69 Å². The van der Waals surface area contributed by atoms with Crippen molar-refractivity contribution in [1.82, 2.24) is 9.80 Å². The Kier molecular flexibility index (Phi) is 3.37. The number of rotatable bonds is 2. The summed E-state index contributed by atoms with van der Waals surface area (Å²) in [5.74, 6) is 0.251. The summed E-state index contributed by atoms with van der Waals surface area (Å²) in [6, 6.07) is 2.40. The molecule has 1 saturated heterocycles. The van der Waals surface area contributed by atoms with E-state index in [0.29, 0.717) is 6.54 Å². The number of hydrogen-bond acceptors (Lipinski definition) is 4. The van der Waals surface area contributed by atoms with E-state index < -0.39 is 0 Å². The molecule has 98 valence electrons. The van der Waals surface area contributed by atoms with Crippen molar-refractivity contribution in [2.75, 3.05) is 26.2 Å². The molecule has 1 atom stereocenters. The van der Waals surface area contributed by atoms with Crippen LogP contribution in [0.15, 0.2) is 11.4 Å². The summed E-state index contributed by atoms with van der Waals surface area (Å²) >= 11 is 1.81. The van der Waals surface area contributed by atoms with Crippen molar-refractivity contribution in [3.8, 4) is 0 Å². The van der Waals surface area contributed by atoms with Gasteiger partial charge in [0.1, 0.15) is 0 Å². The highest BCUT2D eigenvalue weighted by Gasteiger charge is 2.26. The molecule has 1 aromatic rings. The number of carbonyl (C=O) groups excluding carboxylic acids is 1. The molecule has 3 heterocycles. The van der Waals surface area contributed by atoms with Gasteiger partial charge in [0.2, 0.25) is 5.91 Å². The zero-order valence-electron chi connectivity index (χ0n) is 10.5. The zero-order valence-corrected chi connectivity index (χ0v) is 11.3. The van der Waals surface area contributed by atoms with Crippen LogP contribution in [0.25, 0.3) is 0 Å². The minimum absolute atomic E-state index is 0.251. The number of nitrogens with zero attached hydrogens (tertiary/aromatic N) is 2.